The third-order valence-electron chi connectivity index (χ3n) is 5.21. The molecule has 29 heavy (non-hydrogen) atoms. The average molecular weight is 393 g/mol. The summed E-state index contributed by atoms with van der Waals surface area (Å²) < 4.78 is 1.24. The lowest BCUT2D eigenvalue weighted by atomic mass is 10.0. The van der Waals surface area contributed by atoms with Gasteiger partial charge in [-0.25, -0.2) is 9.97 Å². The molecule has 0 aliphatic carbocycles. The molecule has 0 radical (unpaired) electrons. The van der Waals surface area contributed by atoms with Crippen LogP contribution in [0.1, 0.15) is 17.4 Å². The number of fused-ring (bicyclic) bond motifs is 2. The van der Waals surface area contributed by atoms with Crippen molar-refractivity contribution < 1.29 is 0 Å². The standard InChI is InChI=1S/C26H20N2S/c1-3-10-23-17(2)19-14-9-15-21(25(19)29-23)26-27-22-16-8-7-13-20(22)24(28-26)18-11-5-4-6-12-18/h3-16H,1-2H3/b10-3-. The van der Waals surface area contributed by atoms with E-state index in [0.29, 0.717) is 0 Å². The first-order valence-electron chi connectivity index (χ1n) is 9.73. The Hall–Kier alpha value is -3.30. The monoisotopic (exact) mass is 392 g/mol. The van der Waals surface area contributed by atoms with E-state index in [1.807, 2.05) is 29.5 Å². The Morgan fingerprint density at radius 2 is 1.55 bits per heavy atom. The summed E-state index contributed by atoms with van der Waals surface area (Å²) in [5.41, 5.74) is 5.46. The fourth-order valence-electron chi connectivity index (χ4n) is 3.76. The van der Waals surface area contributed by atoms with Crippen LogP contribution < -0.4 is 0 Å². The molecule has 5 rings (SSSR count). The van der Waals surface area contributed by atoms with E-state index in [0.717, 1.165) is 33.5 Å². The second kappa shape index (κ2) is 7.26. The van der Waals surface area contributed by atoms with Gasteiger partial charge in [-0.3, -0.25) is 0 Å². The number of aromatic nitrogens is 2. The van der Waals surface area contributed by atoms with E-state index < -0.39 is 0 Å². The second-order valence-electron chi connectivity index (χ2n) is 7.05. The number of aryl methyl sites for hydroxylation is 1. The van der Waals surface area contributed by atoms with Crippen LogP contribution in [0.5, 0.6) is 0 Å². The fraction of sp³-hybridized carbons (Fsp3) is 0.0769. The van der Waals surface area contributed by atoms with E-state index in [-0.39, 0.29) is 0 Å². The van der Waals surface area contributed by atoms with Crippen molar-refractivity contribution >= 4 is 38.4 Å². The fourth-order valence-corrected chi connectivity index (χ4v) is 5.05. The van der Waals surface area contributed by atoms with E-state index in [4.69, 9.17) is 9.97 Å². The number of hydrogen-bond acceptors (Lipinski definition) is 3. The van der Waals surface area contributed by atoms with Crippen molar-refractivity contribution in [3.63, 3.8) is 0 Å². The summed E-state index contributed by atoms with van der Waals surface area (Å²) >= 11 is 1.81. The maximum Gasteiger partial charge on any atom is 0.161 e. The van der Waals surface area contributed by atoms with Gasteiger partial charge >= 0.3 is 0 Å². The maximum atomic E-state index is 5.05. The zero-order valence-electron chi connectivity index (χ0n) is 16.4. The Morgan fingerprint density at radius 3 is 2.38 bits per heavy atom. The Labute approximate surface area is 174 Å². The van der Waals surface area contributed by atoms with Crippen molar-refractivity contribution in [2.45, 2.75) is 13.8 Å². The van der Waals surface area contributed by atoms with Gasteiger partial charge in [-0.15, -0.1) is 11.3 Å². The first kappa shape index (κ1) is 17.8. The minimum atomic E-state index is 0.779. The predicted molar refractivity (Wildman–Crippen MR) is 125 cm³/mol. The first-order chi connectivity index (χ1) is 14.3. The van der Waals surface area contributed by atoms with Gasteiger partial charge in [0.05, 0.1) is 11.2 Å². The number of benzene rings is 3. The van der Waals surface area contributed by atoms with Gasteiger partial charge in [0, 0.05) is 26.1 Å². The van der Waals surface area contributed by atoms with Crippen LogP contribution in [0, 0.1) is 6.92 Å². The van der Waals surface area contributed by atoms with Crippen LogP contribution >= 0.6 is 11.3 Å². The minimum Gasteiger partial charge on any atom is -0.228 e. The summed E-state index contributed by atoms with van der Waals surface area (Å²) in [6.45, 7) is 4.25. The molecule has 0 atom stereocenters. The molecular formula is C26H20N2S. The van der Waals surface area contributed by atoms with Crippen molar-refractivity contribution in [3.8, 4) is 22.6 Å². The van der Waals surface area contributed by atoms with Crippen molar-refractivity contribution in [3.05, 3.63) is 89.3 Å². The molecule has 0 saturated carbocycles. The molecule has 0 N–H and O–H groups in total. The van der Waals surface area contributed by atoms with Crippen LogP contribution in [0.15, 0.2) is 78.9 Å². The van der Waals surface area contributed by atoms with Crippen molar-refractivity contribution in [1.82, 2.24) is 9.97 Å². The van der Waals surface area contributed by atoms with Crippen LogP contribution in [0.4, 0.5) is 0 Å². The Bertz CT molecular complexity index is 1360. The Morgan fingerprint density at radius 1 is 0.793 bits per heavy atom. The Balaban J connectivity index is 1.82. The van der Waals surface area contributed by atoms with Crippen LogP contribution in [0.2, 0.25) is 0 Å². The van der Waals surface area contributed by atoms with Crippen LogP contribution in [-0.2, 0) is 0 Å². The van der Waals surface area contributed by atoms with E-state index in [1.165, 1.54) is 20.5 Å². The molecule has 3 heteroatoms. The molecule has 0 saturated heterocycles. The molecule has 0 unspecified atom stereocenters. The maximum absolute atomic E-state index is 5.05. The molecule has 3 aromatic carbocycles. The molecule has 0 spiro atoms. The molecule has 140 valence electrons. The summed E-state index contributed by atoms with van der Waals surface area (Å²) in [5, 5.41) is 2.35. The van der Waals surface area contributed by atoms with Gasteiger partial charge in [-0.1, -0.05) is 66.7 Å². The summed E-state index contributed by atoms with van der Waals surface area (Å²) in [4.78, 5) is 11.3. The molecule has 2 aromatic heterocycles. The highest BCUT2D eigenvalue weighted by molar-refractivity contribution is 7.20. The largest absolute Gasteiger partial charge is 0.228 e. The number of hydrogen-bond donors (Lipinski definition) is 0. The summed E-state index contributed by atoms with van der Waals surface area (Å²) in [7, 11) is 0. The van der Waals surface area contributed by atoms with Gasteiger partial charge in [0.2, 0.25) is 0 Å². The number of rotatable bonds is 3. The molecule has 0 amide bonds. The number of allylic oxidation sites excluding steroid dienone is 1. The third-order valence-corrected chi connectivity index (χ3v) is 6.52. The van der Waals surface area contributed by atoms with Gasteiger partial charge in [-0.2, -0.15) is 0 Å². The quantitative estimate of drug-likeness (QED) is 0.317. The van der Waals surface area contributed by atoms with Gasteiger partial charge in [-0.05, 0) is 43.0 Å². The third kappa shape index (κ3) is 3.04. The molecule has 5 aromatic rings. The second-order valence-corrected chi connectivity index (χ2v) is 8.10. The molecule has 2 nitrogen and oxygen atoms in total. The number of nitrogens with zero attached hydrogens (tertiary/aromatic N) is 2. The highest BCUT2D eigenvalue weighted by Crippen LogP contribution is 2.38. The van der Waals surface area contributed by atoms with E-state index >= 15 is 0 Å². The summed E-state index contributed by atoms with van der Waals surface area (Å²) in [6, 6.07) is 25.0. The molecule has 0 bridgehead atoms. The SMILES string of the molecule is C/C=C\c1sc2c(-c3nc(-c4ccccc4)c4ccccc4n3)cccc2c1C. The molecular weight excluding hydrogens is 372 g/mol. The summed E-state index contributed by atoms with van der Waals surface area (Å²) in [6.07, 6.45) is 4.28. The van der Waals surface area contributed by atoms with Gasteiger partial charge < -0.3 is 0 Å². The van der Waals surface area contributed by atoms with Gasteiger partial charge in [0.1, 0.15) is 0 Å². The Kier molecular flexibility index (Phi) is 4.45. The first-order valence-corrected chi connectivity index (χ1v) is 10.6. The lowest BCUT2D eigenvalue weighted by Crippen LogP contribution is -1.95. The molecule has 0 aliphatic heterocycles. The van der Waals surface area contributed by atoms with Gasteiger partial charge in [0.25, 0.3) is 0 Å². The molecule has 0 aliphatic rings. The predicted octanol–water partition coefficient (Wildman–Crippen LogP) is 7.52. The highest BCUT2D eigenvalue weighted by atomic mass is 32.1. The van der Waals surface area contributed by atoms with E-state index in [1.54, 1.807) is 0 Å². The topological polar surface area (TPSA) is 25.8 Å². The normalized spacial score (nSPS) is 11.7. The zero-order valence-corrected chi connectivity index (χ0v) is 17.2. The van der Waals surface area contributed by atoms with Crippen LogP contribution in [-0.4, -0.2) is 9.97 Å². The van der Waals surface area contributed by atoms with Gasteiger partial charge in [0.15, 0.2) is 5.82 Å². The lowest BCUT2D eigenvalue weighted by Gasteiger charge is -2.10. The van der Waals surface area contributed by atoms with E-state index in [9.17, 15) is 0 Å². The average Bonchev–Trinajstić information content (AvgIpc) is 3.09. The van der Waals surface area contributed by atoms with Crippen LogP contribution in [0.25, 0.3) is 49.7 Å². The van der Waals surface area contributed by atoms with Crippen molar-refractivity contribution in [2.24, 2.45) is 0 Å². The minimum absolute atomic E-state index is 0.779. The molecule has 2 heterocycles. The highest BCUT2D eigenvalue weighted by Gasteiger charge is 2.16. The van der Waals surface area contributed by atoms with Crippen LogP contribution in [0.3, 0.4) is 0 Å². The van der Waals surface area contributed by atoms with E-state index in [2.05, 4.69) is 80.6 Å². The number of thiophene rings is 1. The van der Waals surface area contributed by atoms with Crippen molar-refractivity contribution in [2.75, 3.05) is 0 Å². The lowest BCUT2D eigenvalue weighted by molar-refractivity contribution is 1.24. The smallest absolute Gasteiger partial charge is 0.161 e. The number of para-hydroxylation sites is 1. The molecule has 0 fully saturated rings. The van der Waals surface area contributed by atoms with Crippen molar-refractivity contribution in [1.29, 1.82) is 0 Å². The summed E-state index contributed by atoms with van der Waals surface area (Å²) in [5.74, 6) is 0.779. The zero-order chi connectivity index (χ0) is 19.8.